The van der Waals surface area contributed by atoms with Gasteiger partial charge in [0.15, 0.2) is 0 Å². The van der Waals surface area contributed by atoms with E-state index in [9.17, 15) is 0 Å². The summed E-state index contributed by atoms with van der Waals surface area (Å²) >= 11 is 0. The average molecular weight is 457 g/mol. The van der Waals surface area contributed by atoms with Crippen LogP contribution in [-0.2, 0) is 0 Å². The van der Waals surface area contributed by atoms with E-state index in [1.807, 2.05) is 0 Å². The minimum absolute atomic E-state index is 0.466. The fraction of sp³-hybridized carbons (Fsp3) is 1.00. The molecule has 4 saturated carbocycles. The Hall–Kier alpha value is 0. The Morgan fingerprint density at radius 3 is 2.03 bits per heavy atom. The second kappa shape index (κ2) is 8.54. The summed E-state index contributed by atoms with van der Waals surface area (Å²) in [4.78, 5) is 0. The molecule has 4 fully saturated rings. The van der Waals surface area contributed by atoms with Gasteiger partial charge in [-0.05, 0) is 113 Å². The molecular formula is C33H60. The van der Waals surface area contributed by atoms with Gasteiger partial charge in [0, 0.05) is 0 Å². The van der Waals surface area contributed by atoms with E-state index in [-0.39, 0.29) is 0 Å². The van der Waals surface area contributed by atoms with Crippen molar-refractivity contribution in [1.29, 1.82) is 0 Å². The number of rotatable bonds is 3. The molecule has 0 spiro atoms. The summed E-state index contributed by atoms with van der Waals surface area (Å²) < 4.78 is 0. The van der Waals surface area contributed by atoms with Crippen LogP contribution in [0, 0.1) is 87.3 Å². The summed E-state index contributed by atoms with van der Waals surface area (Å²) in [5, 5.41) is 0. The molecule has 33 heavy (non-hydrogen) atoms. The van der Waals surface area contributed by atoms with Gasteiger partial charge < -0.3 is 0 Å². The Morgan fingerprint density at radius 1 is 0.818 bits per heavy atom. The normalized spacial score (nSPS) is 57.7. The van der Waals surface area contributed by atoms with Gasteiger partial charge in [-0.25, -0.2) is 0 Å². The van der Waals surface area contributed by atoms with Crippen LogP contribution in [0.5, 0.6) is 0 Å². The van der Waals surface area contributed by atoms with Crippen molar-refractivity contribution in [2.75, 3.05) is 0 Å². The topological polar surface area (TPSA) is 0 Å². The molecule has 0 N–H and O–H groups in total. The maximum absolute atomic E-state index is 2.78. The third-order valence-electron chi connectivity index (χ3n) is 14.0. The molecule has 0 amide bonds. The SMILES string of the molecule is CCC(C)C1CCC(C)C2C(C)C3C(C)C4(C)C(C)C(C(C)C)C(C)CC4(C)CC3(C)CC12. The standard InChI is InChI=1S/C33H60/c1-13-20(4)26-15-14-21(5)29-23(7)30-25(9)33(12)24(8)28(19(2)3)22(6)16-32(33,11)18-31(30,10)17-27(26)29/h19-30H,13-18H2,1-12H3. The maximum atomic E-state index is 2.78. The van der Waals surface area contributed by atoms with Crippen molar-refractivity contribution in [2.45, 2.75) is 122 Å². The van der Waals surface area contributed by atoms with Crippen molar-refractivity contribution in [3.8, 4) is 0 Å². The third kappa shape index (κ3) is 3.56. The highest BCUT2D eigenvalue weighted by atomic mass is 14.7. The molecule has 0 radical (unpaired) electrons. The number of hydrogen-bond acceptors (Lipinski definition) is 0. The van der Waals surface area contributed by atoms with Crippen molar-refractivity contribution < 1.29 is 0 Å². The van der Waals surface area contributed by atoms with Crippen molar-refractivity contribution >= 4 is 0 Å². The van der Waals surface area contributed by atoms with Crippen LogP contribution in [0.15, 0.2) is 0 Å². The zero-order valence-electron chi connectivity index (χ0n) is 24.7. The molecule has 0 aromatic carbocycles. The van der Waals surface area contributed by atoms with E-state index in [1.165, 1.54) is 38.5 Å². The van der Waals surface area contributed by atoms with Crippen molar-refractivity contribution in [3.63, 3.8) is 0 Å². The van der Waals surface area contributed by atoms with Gasteiger partial charge in [0.25, 0.3) is 0 Å². The highest BCUT2D eigenvalue weighted by molar-refractivity contribution is 5.17. The lowest BCUT2D eigenvalue weighted by Gasteiger charge is -2.73. The van der Waals surface area contributed by atoms with Crippen molar-refractivity contribution in [1.82, 2.24) is 0 Å². The smallest absolute Gasteiger partial charge is 0.0215 e. The molecule has 0 aromatic heterocycles. The van der Waals surface area contributed by atoms with E-state index in [0.717, 1.165) is 71.0 Å². The Balaban J connectivity index is 1.77. The first kappa shape index (κ1) is 26.1. The molecule has 14 atom stereocenters. The fourth-order valence-corrected chi connectivity index (χ4v) is 12.8. The zero-order chi connectivity index (χ0) is 24.7. The van der Waals surface area contributed by atoms with E-state index in [1.54, 1.807) is 0 Å². The predicted octanol–water partition coefficient (Wildman–Crippen LogP) is 9.97. The van der Waals surface area contributed by atoms with E-state index < -0.39 is 0 Å². The first-order valence-electron chi connectivity index (χ1n) is 15.2. The fourth-order valence-electron chi connectivity index (χ4n) is 12.8. The maximum Gasteiger partial charge on any atom is -0.0215 e. The van der Waals surface area contributed by atoms with Gasteiger partial charge in [0.1, 0.15) is 0 Å². The van der Waals surface area contributed by atoms with E-state index in [2.05, 4.69) is 83.1 Å². The van der Waals surface area contributed by atoms with Crippen LogP contribution >= 0.6 is 0 Å². The van der Waals surface area contributed by atoms with Crippen LogP contribution in [0.3, 0.4) is 0 Å². The molecule has 14 unspecified atom stereocenters. The van der Waals surface area contributed by atoms with Gasteiger partial charge >= 0.3 is 0 Å². The number of fused-ring (bicyclic) bond motifs is 3. The van der Waals surface area contributed by atoms with Crippen LogP contribution in [-0.4, -0.2) is 0 Å². The summed E-state index contributed by atoms with van der Waals surface area (Å²) in [6, 6.07) is 0. The molecule has 0 bridgehead atoms. The molecule has 192 valence electrons. The average Bonchev–Trinajstić information content (AvgIpc) is 2.69. The quantitative estimate of drug-likeness (QED) is 0.396. The molecule has 0 aliphatic heterocycles. The largest absolute Gasteiger partial charge is 0.0651 e. The van der Waals surface area contributed by atoms with E-state index in [0.29, 0.717) is 16.2 Å². The van der Waals surface area contributed by atoms with Crippen LogP contribution in [0.1, 0.15) is 122 Å². The zero-order valence-corrected chi connectivity index (χ0v) is 24.7. The molecular weight excluding hydrogens is 396 g/mol. The van der Waals surface area contributed by atoms with Crippen molar-refractivity contribution in [3.05, 3.63) is 0 Å². The first-order chi connectivity index (χ1) is 15.2. The lowest BCUT2D eigenvalue weighted by atomic mass is 9.31. The lowest BCUT2D eigenvalue weighted by Crippen LogP contribution is -2.67. The Labute approximate surface area is 208 Å². The Bertz CT molecular complexity index is 707. The minimum Gasteiger partial charge on any atom is -0.0651 e. The molecule has 0 nitrogen and oxygen atoms in total. The van der Waals surface area contributed by atoms with E-state index >= 15 is 0 Å². The van der Waals surface area contributed by atoms with Gasteiger partial charge in [-0.1, -0.05) is 95.9 Å². The van der Waals surface area contributed by atoms with Crippen LogP contribution in [0.4, 0.5) is 0 Å². The molecule has 4 aliphatic rings. The third-order valence-corrected chi connectivity index (χ3v) is 14.0. The number of hydrogen-bond donors (Lipinski definition) is 0. The van der Waals surface area contributed by atoms with Gasteiger partial charge in [-0.2, -0.15) is 0 Å². The summed E-state index contributed by atoms with van der Waals surface area (Å²) in [7, 11) is 0. The molecule has 0 heterocycles. The summed E-state index contributed by atoms with van der Waals surface area (Å²) in [5.41, 5.74) is 1.48. The predicted molar refractivity (Wildman–Crippen MR) is 145 cm³/mol. The van der Waals surface area contributed by atoms with Crippen LogP contribution in [0.2, 0.25) is 0 Å². The molecule has 0 heteroatoms. The van der Waals surface area contributed by atoms with Gasteiger partial charge in [0.2, 0.25) is 0 Å². The molecule has 4 aliphatic carbocycles. The second-order valence-corrected chi connectivity index (χ2v) is 15.7. The molecule has 4 rings (SSSR count). The molecule has 0 saturated heterocycles. The summed E-state index contributed by atoms with van der Waals surface area (Å²) in [5.74, 6) is 10.7. The Kier molecular flexibility index (Phi) is 6.75. The van der Waals surface area contributed by atoms with E-state index in [4.69, 9.17) is 0 Å². The lowest BCUT2D eigenvalue weighted by molar-refractivity contribution is -0.248. The van der Waals surface area contributed by atoms with Crippen LogP contribution in [0.25, 0.3) is 0 Å². The Morgan fingerprint density at radius 2 is 1.45 bits per heavy atom. The first-order valence-corrected chi connectivity index (χ1v) is 15.2. The van der Waals surface area contributed by atoms with Gasteiger partial charge in [-0.15, -0.1) is 0 Å². The summed E-state index contributed by atoms with van der Waals surface area (Å²) in [6.07, 6.45) is 8.82. The second-order valence-electron chi connectivity index (χ2n) is 15.7. The highest BCUT2D eigenvalue weighted by Gasteiger charge is 2.68. The van der Waals surface area contributed by atoms with Gasteiger partial charge in [0.05, 0.1) is 0 Å². The minimum atomic E-state index is 0.466. The molecule has 0 aromatic rings. The highest BCUT2D eigenvalue weighted by Crippen LogP contribution is 2.75. The summed E-state index contributed by atoms with van der Waals surface area (Å²) in [6.45, 7) is 31.7. The van der Waals surface area contributed by atoms with Crippen molar-refractivity contribution in [2.24, 2.45) is 87.3 Å². The van der Waals surface area contributed by atoms with Gasteiger partial charge in [-0.3, -0.25) is 0 Å². The van der Waals surface area contributed by atoms with Crippen LogP contribution < -0.4 is 0 Å². The monoisotopic (exact) mass is 456 g/mol.